The van der Waals surface area contributed by atoms with Crippen molar-refractivity contribution in [2.75, 3.05) is 14.2 Å². The number of ether oxygens (including phenoxy) is 2. The molecule has 0 aliphatic heterocycles. The second-order valence-electron chi connectivity index (χ2n) is 6.66. The monoisotopic (exact) mass is 698 g/mol. The van der Waals surface area contributed by atoms with Gasteiger partial charge in [-0.25, -0.2) is 8.42 Å². The maximum absolute atomic E-state index is 11.3. The van der Waals surface area contributed by atoms with Gasteiger partial charge in [0, 0.05) is 43.2 Å². The molecule has 0 spiro atoms. The van der Waals surface area contributed by atoms with Gasteiger partial charge in [-0.2, -0.15) is 8.42 Å². The Morgan fingerprint density at radius 2 is 1.31 bits per heavy atom. The molecule has 196 valence electrons. The van der Waals surface area contributed by atoms with E-state index in [4.69, 9.17) is 33.1 Å². The van der Waals surface area contributed by atoms with E-state index >= 15 is 0 Å². The molecular formula is C20H22Br2Cl2O9S2. The van der Waals surface area contributed by atoms with E-state index in [-0.39, 0.29) is 28.6 Å². The molecule has 0 aliphatic rings. The normalized spacial score (nSPS) is 10.8. The van der Waals surface area contributed by atoms with Crippen molar-refractivity contribution < 1.29 is 40.5 Å². The van der Waals surface area contributed by atoms with E-state index in [0.717, 1.165) is 15.8 Å². The Hall–Kier alpha value is -1.22. The van der Waals surface area contributed by atoms with Crippen LogP contribution in [0.3, 0.4) is 0 Å². The molecule has 0 unspecified atom stereocenters. The number of carbonyl (C=O) groups is 2. The summed E-state index contributed by atoms with van der Waals surface area (Å²) in [6.07, 6.45) is 0.636. The number of hydrogen-bond acceptors (Lipinski definition) is 8. The van der Waals surface area contributed by atoms with Crippen molar-refractivity contribution in [2.24, 2.45) is 0 Å². The summed E-state index contributed by atoms with van der Waals surface area (Å²) in [5.41, 5.74) is 1.62. The summed E-state index contributed by atoms with van der Waals surface area (Å²) in [6.45, 7) is 3.02. The van der Waals surface area contributed by atoms with Crippen molar-refractivity contribution in [2.45, 2.75) is 31.6 Å². The lowest BCUT2D eigenvalue weighted by Crippen LogP contribution is -2.02. The molecule has 9 nitrogen and oxygen atoms in total. The fraction of sp³-hybridized carbons (Fsp3) is 0.300. The third-order valence-electron chi connectivity index (χ3n) is 3.73. The van der Waals surface area contributed by atoms with E-state index in [1.54, 1.807) is 14.0 Å². The van der Waals surface area contributed by atoms with Crippen LogP contribution in [0.2, 0.25) is 0 Å². The molecule has 0 bridgehead atoms. The van der Waals surface area contributed by atoms with Crippen LogP contribution in [0.4, 0.5) is 0 Å². The van der Waals surface area contributed by atoms with Crippen molar-refractivity contribution in [3.8, 4) is 11.5 Å². The minimum absolute atomic E-state index is 0.0331. The van der Waals surface area contributed by atoms with Crippen LogP contribution >= 0.6 is 53.2 Å². The van der Waals surface area contributed by atoms with Crippen molar-refractivity contribution in [1.29, 1.82) is 0 Å². The number of methoxy groups -OCH3 is 2. The molecule has 0 aromatic heterocycles. The second kappa shape index (κ2) is 15.1. The van der Waals surface area contributed by atoms with Gasteiger partial charge in [0.1, 0.15) is 28.0 Å². The molecule has 0 fully saturated rings. The van der Waals surface area contributed by atoms with Gasteiger partial charge in [0.15, 0.2) is 0 Å². The Balaban J connectivity index is 0.000000567. The minimum atomic E-state index is -4.19. The largest absolute Gasteiger partial charge is 0.497 e. The van der Waals surface area contributed by atoms with Crippen LogP contribution in [0, 0.1) is 0 Å². The highest BCUT2D eigenvalue weighted by Gasteiger charge is 2.19. The van der Waals surface area contributed by atoms with Gasteiger partial charge < -0.3 is 9.47 Å². The van der Waals surface area contributed by atoms with E-state index in [1.807, 2.05) is 18.2 Å². The van der Waals surface area contributed by atoms with Crippen molar-refractivity contribution in [3.63, 3.8) is 0 Å². The number of carbonyl (C=O) groups excluding carboxylic acids is 2. The van der Waals surface area contributed by atoms with Crippen LogP contribution in [0.5, 0.6) is 11.5 Å². The summed E-state index contributed by atoms with van der Waals surface area (Å²) in [5.74, 6) is 1.02. The molecule has 1 N–H and O–H groups in total. The van der Waals surface area contributed by atoms with Gasteiger partial charge in [-0.05, 0) is 55.3 Å². The van der Waals surface area contributed by atoms with E-state index < -0.39 is 18.4 Å². The van der Waals surface area contributed by atoms with Gasteiger partial charge in [-0.1, -0.05) is 31.9 Å². The number of Topliss-reactive ketones (excluding diaryl/α,β-unsaturated/α-hetero) is 2. The molecule has 2 aromatic carbocycles. The number of benzene rings is 2. The second-order valence-corrected chi connectivity index (χ2v) is 12.9. The molecule has 2 rings (SSSR count). The summed E-state index contributed by atoms with van der Waals surface area (Å²) in [7, 11) is 4.21. The summed E-state index contributed by atoms with van der Waals surface area (Å²) in [5, 5.41) is 0. The third-order valence-corrected chi connectivity index (χ3v) is 6.58. The molecule has 35 heavy (non-hydrogen) atoms. The number of ketones is 2. The zero-order valence-electron chi connectivity index (χ0n) is 18.8. The molecule has 0 aliphatic carbocycles. The van der Waals surface area contributed by atoms with Gasteiger partial charge in [-0.3, -0.25) is 14.1 Å². The van der Waals surface area contributed by atoms with E-state index in [9.17, 15) is 18.0 Å². The Labute approximate surface area is 230 Å². The fourth-order valence-electron chi connectivity index (χ4n) is 2.41. The topological polar surface area (TPSA) is 141 Å². The Bertz CT molecular complexity index is 1260. The predicted octanol–water partition coefficient (Wildman–Crippen LogP) is 5.13. The predicted molar refractivity (Wildman–Crippen MR) is 141 cm³/mol. The molecule has 0 saturated heterocycles. The maximum atomic E-state index is 11.3. The molecule has 0 amide bonds. The van der Waals surface area contributed by atoms with Crippen LogP contribution in [-0.4, -0.2) is 47.2 Å². The molecule has 0 heterocycles. The summed E-state index contributed by atoms with van der Waals surface area (Å²) in [6, 6.07) is 8.43. The highest BCUT2D eigenvalue weighted by molar-refractivity contribution is 9.10. The SMILES string of the molecule is COc1cc(CC(C)=O)c(Br)cc1S(=O)(=O)Cl.COc1ccc(Br)c(CC(C)=O)c1.O=S(=O)(O)Cl. The van der Waals surface area contributed by atoms with Gasteiger partial charge in [-0.15, -0.1) is 0 Å². The molecule has 0 atom stereocenters. The quantitative estimate of drug-likeness (QED) is 0.307. The zero-order chi connectivity index (χ0) is 27.6. The first-order chi connectivity index (χ1) is 15.9. The highest BCUT2D eigenvalue weighted by Crippen LogP contribution is 2.33. The third kappa shape index (κ3) is 14.8. The van der Waals surface area contributed by atoms with E-state index in [0.29, 0.717) is 16.5 Å². The lowest BCUT2D eigenvalue weighted by Gasteiger charge is -2.10. The van der Waals surface area contributed by atoms with Crippen molar-refractivity contribution in [1.82, 2.24) is 0 Å². The first-order valence-corrected chi connectivity index (χ1v) is 15.3. The Kier molecular flexibility index (Phi) is 14.6. The fourth-order valence-corrected chi connectivity index (χ4v) is 4.44. The average Bonchev–Trinajstić information content (AvgIpc) is 2.68. The van der Waals surface area contributed by atoms with E-state index in [2.05, 4.69) is 42.5 Å². The standard InChI is InChI=1S/C10H10BrClO4S.C10H11BrO2.ClHO3S/c1-6(13)3-7-4-9(16-2)10(5-8(7)11)17(12,14)15;1-7(12)5-8-6-9(13-2)3-4-10(8)11;1-5(2,3)4/h4-5H,3H2,1-2H3;3-4,6H,5H2,1-2H3;(H,2,3,4). The maximum Gasteiger partial charge on any atom is 0.353 e. The van der Waals surface area contributed by atoms with Crippen LogP contribution < -0.4 is 9.47 Å². The van der Waals surface area contributed by atoms with E-state index in [1.165, 1.54) is 26.2 Å². The first-order valence-electron chi connectivity index (χ1n) is 9.18. The Morgan fingerprint density at radius 1 is 0.857 bits per heavy atom. The van der Waals surface area contributed by atoms with Crippen molar-refractivity contribution >= 4 is 83.2 Å². The van der Waals surface area contributed by atoms with Crippen molar-refractivity contribution in [3.05, 3.63) is 50.4 Å². The minimum Gasteiger partial charge on any atom is -0.497 e. The van der Waals surface area contributed by atoms with Crippen LogP contribution in [0.25, 0.3) is 0 Å². The van der Waals surface area contributed by atoms with Gasteiger partial charge >= 0.3 is 9.33 Å². The summed E-state index contributed by atoms with van der Waals surface area (Å²) < 4.78 is 59.2. The van der Waals surface area contributed by atoms with Gasteiger partial charge in [0.25, 0.3) is 9.05 Å². The molecular weight excluding hydrogens is 679 g/mol. The summed E-state index contributed by atoms with van der Waals surface area (Å²) in [4.78, 5) is 21.8. The molecule has 0 radical (unpaired) electrons. The van der Waals surface area contributed by atoms with Crippen LogP contribution in [0.15, 0.2) is 44.2 Å². The van der Waals surface area contributed by atoms with Gasteiger partial charge in [0.2, 0.25) is 0 Å². The Morgan fingerprint density at radius 3 is 1.69 bits per heavy atom. The molecule has 0 saturated carbocycles. The lowest BCUT2D eigenvalue weighted by molar-refractivity contribution is -0.117. The molecule has 15 heteroatoms. The van der Waals surface area contributed by atoms with Crippen LogP contribution in [0.1, 0.15) is 25.0 Å². The summed E-state index contributed by atoms with van der Waals surface area (Å²) >= 11 is 6.58. The zero-order valence-corrected chi connectivity index (χ0v) is 25.2. The number of halogens is 4. The molecule has 2 aromatic rings. The van der Waals surface area contributed by atoms with Gasteiger partial charge in [0.05, 0.1) is 14.2 Å². The van der Waals surface area contributed by atoms with Crippen LogP contribution in [-0.2, 0) is 40.8 Å². The first kappa shape index (κ1) is 33.8. The number of hydrogen-bond donors (Lipinski definition) is 1. The highest BCUT2D eigenvalue weighted by atomic mass is 79.9. The number of rotatable bonds is 7. The smallest absolute Gasteiger partial charge is 0.353 e. The average molecular weight is 701 g/mol. The lowest BCUT2D eigenvalue weighted by atomic mass is 10.1.